The van der Waals surface area contributed by atoms with E-state index in [2.05, 4.69) is 25.3 Å². The second kappa shape index (κ2) is 7.23. The van der Waals surface area contributed by atoms with Crippen molar-refractivity contribution in [3.63, 3.8) is 0 Å². The number of rotatable bonds is 6. The lowest BCUT2D eigenvalue weighted by atomic mass is 10.1. The van der Waals surface area contributed by atoms with Crippen molar-refractivity contribution in [3.8, 4) is 11.5 Å². The highest BCUT2D eigenvalue weighted by molar-refractivity contribution is 6.00. The first-order chi connectivity index (χ1) is 13.9. The Morgan fingerprint density at radius 1 is 1.24 bits per heavy atom. The number of aromatic nitrogens is 5. The van der Waals surface area contributed by atoms with E-state index >= 15 is 0 Å². The van der Waals surface area contributed by atoms with Crippen molar-refractivity contribution in [2.24, 2.45) is 0 Å². The first-order valence-electron chi connectivity index (χ1n) is 8.81. The van der Waals surface area contributed by atoms with Crippen molar-refractivity contribution in [3.05, 3.63) is 47.8 Å². The van der Waals surface area contributed by atoms with E-state index in [1.807, 2.05) is 50.3 Å². The molecule has 0 spiro atoms. The van der Waals surface area contributed by atoms with Crippen LogP contribution in [0.3, 0.4) is 0 Å². The van der Waals surface area contributed by atoms with Gasteiger partial charge in [-0.15, -0.1) is 0 Å². The molecular formula is C19H19N7O3. The van der Waals surface area contributed by atoms with Crippen LogP contribution in [0.25, 0.3) is 22.5 Å². The van der Waals surface area contributed by atoms with Crippen molar-refractivity contribution in [2.45, 2.75) is 6.54 Å². The molecule has 1 aromatic carbocycles. The summed E-state index contributed by atoms with van der Waals surface area (Å²) in [6.07, 6.45) is 1.68. The van der Waals surface area contributed by atoms with Crippen LogP contribution in [0.2, 0.25) is 0 Å². The molecular weight excluding hydrogens is 374 g/mol. The highest BCUT2D eigenvalue weighted by Gasteiger charge is 2.16. The smallest absolute Gasteiger partial charge is 0.357 e. The third-order valence-electron chi connectivity index (χ3n) is 4.45. The molecule has 4 rings (SSSR count). The molecule has 0 aliphatic carbocycles. The average Bonchev–Trinajstić information content (AvgIpc) is 3.35. The number of fused-ring (bicyclic) bond motifs is 1. The number of hydrogen-bond acceptors (Lipinski definition) is 8. The van der Waals surface area contributed by atoms with E-state index in [1.54, 1.807) is 17.2 Å². The number of aromatic carboxylic acids is 1. The first kappa shape index (κ1) is 18.4. The summed E-state index contributed by atoms with van der Waals surface area (Å²) in [5, 5.41) is 20.1. The Morgan fingerprint density at radius 3 is 2.79 bits per heavy atom. The zero-order valence-corrected chi connectivity index (χ0v) is 16.1. The van der Waals surface area contributed by atoms with E-state index in [4.69, 9.17) is 4.52 Å². The molecule has 0 unspecified atom stereocenters. The Hall–Kier alpha value is -3.95. The van der Waals surface area contributed by atoms with Gasteiger partial charge in [0.05, 0.1) is 17.3 Å². The zero-order valence-electron chi connectivity index (χ0n) is 16.1. The van der Waals surface area contributed by atoms with Crippen LogP contribution in [0.4, 0.5) is 11.6 Å². The van der Waals surface area contributed by atoms with Gasteiger partial charge in [0, 0.05) is 33.3 Å². The summed E-state index contributed by atoms with van der Waals surface area (Å²) < 4.78 is 5.34. The van der Waals surface area contributed by atoms with Gasteiger partial charge in [0.25, 0.3) is 11.8 Å². The maximum atomic E-state index is 11.3. The van der Waals surface area contributed by atoms with Crippen LogP contribution in [0.1, 0.15) is 16.1 Å². The Balaban J connectivity index is 1.58. The molecule has 0 fully saturated rings. The summed E-state index contributed by atoms with van der Waals surface area (Å²) >= 11 is 0. The number of pyridine rings is 1. The highest BCUT2D eigenvalue weighted by Crippen LogP contribution is 2.24. The van der Waals surface area contributed by atoms with E-state index in [0.717, 1.165) is 16.8 Å². The molecule has 0 saturated heterocycles. The minimum absolute atomic E-state index is 0.0437. The van der Waals surface area contributed by atoms with Crippen LogP contribution in [0, 0.1) is 0 Å². The van der Waals surface area contributed by atoms with Crippen LogP contribution in [0.15, 0.2) is 41.1 Å². The molecule has 3 heterocycles. The van der Waals surface area contributed by atoms with Crippen molar-refractivity contribution >= 4 is 28.6 Å². The van der Waals surface area contributed by atoms with Crippen molar-refractivity contribution in [1.29, 1.82) is 0 Å². The fourth-order valence-electron chi connectivity index (χ4n) is 2.95. The van der Waals surface area contributed by atoms with Gasteiger partial charge in [-0.2, -0.15) is 10.1 Å². The molecule has 3 aromatic heterocycles. The van der Waals surface area contributed by atoms with Crippen LogP contribution in [-0.4, -0.2) is 57.5 Å². The average molecular weight is 393 g/mol. The molecule has 10 nitrogen and oxygen atoms in total. The summed E-state index contributed by atoms with van der Waals surface area (Å²) in [7, 11) is 5.61. The van der Waals surface area contributed by atoms with Gasteiger partial charge >= 0.3 is 5.97 Å². The third kappa shape index (κ3) is 3.59. The van der Waals surface area contributed by atoms with Crippen LogP contribution < -0.4 is 9.80 Å². The quantitative estimate of drug-likeness (QED) is 0.508. The lowest BCUT2D eigenvalue weighted by Gasteiger charge is -2.19. The maximum Gasteiger partial charge on any atom is 0.357 e. The third-order valence-corrected chi connectivity index (χ3v) is 4.45. The van der Waals surface area contributed by atoms with Gasteiger partial charge in [0.15, 0.2) is 11.3 Å². The summed E-state index contributed by atoms with van der Waals surface area (Å²) in [5.41, 5.74) is 3.03. The zero-order chi connectivity index (χ0) is 20.5. The van der Waals surface area contributed by atoms with Crippen LogP contribution in [-0.2, 0) is 6.54 Å². The lowest BCUT2D eigenvalue weighted by Crippen LogP contribution is -2.16. The van der Waals surface area contributed by atoms with E-state index in [1.165, 1.54) is 0 Å². The predicted molar refractivity (Wildman–Crippen MR) is 107 cm³/mol. The van der Waals surface area contributed by atoms with Gasteiger partial charge in [-0.1, -0.05) is 12.1 Å². The number of carboxylic acids is 1. The largest absolute Gasteiger partial charge is 0.476 e. The molecule has 29 heavy (non-hydrogen) atoms. The van der Waals surface area contributed by atoms with E-state index in [9.17, 15) is 9.90 Å². The van der Waals surface area contributed by atoms with Gasteiger partial charge < -0.3 is 19.4 Å². The minimum atomic E-state index is -1.10. The van der Waals surface area contributed by atoms with Gasteiger partial charge in [0.2, 0.25) is 0 Å². The van der Waals surface area contributed by atoms with E-state index in [-0.39, 0.29) is 5.69 Å². The van der Waals surface area contributed by atoms with Gasteiger partial charge in [-0.3, -0.25) is 5.10 Å². The summed E-state index contributed by atoms with van der Waals surface area (Å²) in [6.45, 7) is 0.579. The molecule has 0 radical (unpaired) electrons. The first-order valence-corrected chi connectivity index (χ1v) is 8.81. The summed E-state index contributed by atoms with van der Waals surface area (Å²) in [4.78, 5) is 23.7. The number of anilines is 2. The molecule has 10 heteroatoms. The normalized spacial score (nSPS) is 11.0. The number of carboxylic acid groups (broad SMARTS) is 1. The van der Waals surface area contributed by atoms with Crippen LogP contribution >= 0.6 is 0 Å². The number of H-pyrrole nitrogens is 1. The fraction of sp³-hybridized carbons (Fsp3) is 0.211. The minimum Gasteiger partial charge on any atom is -0.476 e. The summed E-state index contributed by atoms with van der Waals surface area (Å²) in [5.74, 6) is -0.135. The SMILES string of the molecule is CN(C)c1noc(-c2cccc(CN(C)c3cnc4[nH]nc(C(=O)O)c4c3)c2)n1. The van der Waals surface area contributed by atoms with Gasteiger partial charge in [0.1, 0.15) is 0 Å². The van der Waals surface area contributed by atoms with Crippen molar-refractivity contribution in [2.75, 3.05) is 30.9 Å². The number of nitrogens with one attached hydrogen (secondary N) is 1. The molecule has 0 bridgehead atoms. The standard InChI is InChI=1S/C19H19N7O3/c1-25(2)19-21-17(29-24-19)12-6-4-5-11(7-12)10-26(3)13-8-14-15(18(27)28)22-23-16(14)20-9-13/h4-9H,10H2,1-3H3,(H,27,28)(H,20,22,23). The molecule has 0 atom stereocenters. The Bertz CT molecular complexity index is 1180. The Labute approximate surface area is 165 Å². The summed E-state index contributed by atoms with van der Waals surface area (Å²) in [6, 6.07) is 9.58. The van der Waals surface area contributed by atoms with Gasteiger partial charge in [-0.05, 0) is 28.9 Å². The maximum absolute atomic E-state index is 11.3. The van der Waals surface area contributed by atoms with Crippen molar-refractivity contribution < 1.29 is 14.4 Å². The van der Waals surface area contributed by atoms with E-state index < -0.39 is 5.97 Å². The molecule has 0 aliphatic heterocycles. The molecule has 4 aromatic rings. The fourth-order valence-corrected chi connectivity index (χ4v) is 2.95. The topological polar surface area (TPSA) is 124 Å². The number of nitrogens with zero attached hydrogens (tertiary/aromatic N) is 6. The van der Waals surface area contributed by atoms with Crippen LogP contribution in [0.5, 0.6) is 0 Å². The second-order valence-corrected chi connectivity index (χ2v) is 6.82. The van der Waals surface area contributed by atoms with Gasteiger partial charge in [-0.25, -0.2) is 9.78 Å². The number of hydrogen-bond donors (Lipinski definition) is 2. The predicted octanol–water partition coefficient (Wildman–Crippen LogP) is 2.41. The molecule has 2 N–H and O–H groups in total. The molecule has 148 valence electrons. The Kier molecular flexibility index (Phi) is 4.59. The molecule has 0 saturated carbocycles. The van der Waals surface area contributed by atoms with Crippen molar-refractivity contribution in [1.82, 2.24) is 25.3 Å². The molecule has 0 aliphatic rings. The van der Waals surface area contributed by atoms with E-state index in [0.29, 0.717) is 29.4 Å². The number of aromatic amines is 1. The second-order valence-electron chi connectivity index (χ2n) is 6.82. The molecule has 0 amide bonds. The highest BCUT2D eigenvalue weighted by atomic mass is 16.5. The Morgan fingerprint density at radius 2 is 2.07 bits per heavy atom. The number of benzene rings is 1. The lowest BCUT2D eigenvalue weighted by molar-refractivity contribution is 0.0692. The monoisotopic (exact) mass is 393 g/mol. The number of carbonyl (C=O) groups is 1.